The molecule has 6 heteroatoms. The Morgan fingerprint density at radius 2 is 1.95 bits per heavy atom. The van der Waals surface area contributed by atoms with Crippen molar-refractivity contribution >= 4 is 11.9 Å². The zero-order valence-electron chi connectivity index (χ0n) is 12.3. The number of benzene rings is 1. The maximum atomic E-state index is 12.1. The molecule has 1 aromatic rings. The number of likely N-dealkylation sites (N-methyl/N-ethyl adjacent to an activating group) is 1. The second-order valence-electron chi connectivity index (χ2n) is 4.40. The lowest BCUT2D eigenvalue weighted by Gasteiger charge is -2.21. The number of esters is 1. The van der Waals surface area contributed by atoms with Crippen molar-refractivity contribution in [3.05, 3.63) is 29.8 Å². The van der Waals surface area contributed by atoms with Crippen LogP contribution < -0.4 is 4.74 Å². The summed E-state index contributed by atoms with van der Waals surface area (Å²) in [6, 6.07) is 8.45. The maximum Gasteiger partial charge on any atom is 0.325 e. The van der Waals surface area contributed by atoms with Crippen LogP contribution in [0.2, 0.25) is 0 Å². The van der Waals surface area contributed by atoms with Gasteiger partial charge in [0.1, 0.15) is 12.3 Å². The third-order valence-corrected chi connectivity index (χ3v) is 2.69. The van der Waals surface area contributed by atoms with Gasteiger partial charge in [-0.1, -0.05) is 0 Å². The molecule has 0 N–H and O–H groups in total. The van der Waals surface area contributed by atoms with E-state index in [1.54, 1.807) is 38.1 Å². The predicted molar refractivity (Wildman–Crippen MR) is 75.5 cm³/mol. The quantitative estimate of drug-likeness (QED) is 0.739. The molecule has 0 aliphatic heterocycles. The Morgan fingerprint density at radius 3 is 2.48 bits per heavy atom. The van der Waals surface area contributed by atoms with Crippen molar-refractivity contribution < 1.29 is 19.1 Å². The largest absolute Gasteiger partial charge is 0.481 e. The van der Waals surface area contributed by atoms with Gasteiger partial charge < -0.3 is 14.4 Å². The molecule has 21 heavy (non-hydrogen) atoms. The van der Waals surface area contributed by atoms with Crippen LogP contribution in [0.5, 0.6) is 5.75 Å². The molecule has 112 valence electrons. The fourth-order valence-corrected chi connectivity index (χ4v) is 1.65. The van der Waals surface area contributed by atoms with Gasteiger partial charge in [0, 0.05) is 7.05 Å². The van der Waals surface area contributed by atoms with Gasteiger partial charge in [-0.2, -0.15) is 5.26 Å². The first-order chi connectivity index (χ1) is 9.97. The molecular weight excluding hydrogens is 272 g/mol. The highest BCUT2D eigenvalue weighted by Gasteiger charge is 2.21. The first kappa shape index (κ1) is 16.5. The molecule has 0 aromatic heterocycles. The van der Waals surface area contributed by atoms with Gasteiger partial charge in [0.05, 0.1) is 18.2 Å². The molecule has 0 fully saturated rings. The second kappa shape index (κ2) is 7.90. The zero-order chi connectivity index (χ0) is 15.8. The molecule has 1 rings (SSSR count). The third kappa shape index (κ3) is 5.15. The molecule has 0 bridgehead atoms. The third-order valence-electron chi connectivity index (χ3n) is 2.69. The standard InChI is InChI=1S/C15H18N2O4/c1-4-20-14(18)10-17(3)15(19)11(2)21-13-7-5-12(9-16)6-8-13/h5-8,11H,4,10H2,1-3H3. The molecular formula is C15H18N2O4. The number of rotatable bonds is 6. The van der Waals surface area contributed by atoms with E-state index in [1.807, 2.05) is 6.07 Å². The Morgan fingerprint density at radius 1 is 1.33 bits per heavy atom. The van der Waals surface area contributed by atoms with Crippen LogP contribution in [0, 0.1) is 11.3 Å². The number of nitriles is 1. The summed E-state index contributed by atoms with van der Waals surface area (Å²) in [6.45, 7) is 3.46. The minimum absolute atomic E-state index is 0.117. The van der Waals surface area contributed by atoms with Gasteiger partial charge in [-0.05, 0) is 38.1 Å². The molecule has 0 saturated carbocycles. The van der Waals surface area contributed by atoms with Gasteiger partial charge in [0.15, 0.2) is 6.10 Å². The number of carbonyl (C=O) groups excluding carboxylic acids is 2. The van der Waals surface area contributed by atoms with Crippen LogP contribution in [-0.4, -0.2) is 43.1 Å². The molecule has 0 aliphatic rings. The average Bonchev–Trinajstić information content (AvgIpc) is 2.47. The van der Waals surface area contributed by atoms with Gasteiger partial charge >= 0.3 is 5.97 Å². The van der Waals surface area contributed by atoms with E-state index in [-0.39, 0.29) is 19.1 Å². The summed E-state index contributed by atoms with van der Waals surface area (Å²) < 4.78 is 10.3. The monoisotopic (exact) mass is 290 g/mol. The van der Waals surface area contributed by atoms with E-state index >= 15 is 0 Å². The highest BCUT2D eigenvalue weighted by atomic mass is 16.5. The number of amides is 1. The minimum Gasteiger partial charge on any atom is -0.481 e. The highest BCUT2D eigenvalue weighted by molar-refractivity contribution is 5.84. The van der Waals surface area contributed by atoms with Crippen molar-refractivity contribution in [2.75, 3.05) is 20.2 Å². The van der Waals surface area contributed by atoms with E-state index in [0.717, 1.165) is 0 Å². The lowest BCUT2D eigenvalue weighted by Crippen LogP contribution is -2.41. The lowest BCUT2D eigenvalue weighted by atomic mass is 10.2. The Labute approximate surface area is 123 Å². The Kier molecular flexibility index (Phi) is 6.21. The van der Waals surface area contributed by atoms with Gasteiger partial charge in [-0.3, -0.25) is 9.59 Å². The zero-order valence-corrected chi connectivity index (χ0v) is 12.3. The molecule has 0 heterocycles. The van der Waals surface area contributed by atoms with Crippen LogP contribution in [-0.2, 0) is 14.3 Å². The molecule has 0 aliphatic carbocycles. The van der Waals surface area contributed by atoms with Crippen molar-refractivity contribution in [1.29, 1.82) is 5.26 Å². The predicted octanol–water partition coefficient (Wildman–Crippen LogP) is 1.35. The van der Waals surface area contributed by atoms with Crippen molar-refractivity contribution in [2.24, 2.45) is 0 Å². The van der Waals surface area contributed by atoms with Crippen LogP contribution in [0.25, 0.3) is 0 Å². The molecule has 1 amide bonds. The Balaban J connectivity index is 2.57. The fraction of sp³-hybridized carbons (Fsp3) is 0.400. The second-order valence-corrected chi connectivity index (χ2v) is 4.40. The van der Waals surface area contributed by atoms with Crippen LogP contribution >= 0.6 is 0 Å². The Hall–Kier alpha value is -2.55. The molecule has 0 radical (unpaired) electrons. The summed E-state index contributed by atoms with van der Waals surface area (Å²) in [5.41, 5.74) is 0.515. The number of ether oxygens (including phenoxy) is 2. The molecule has 1 atom stereocenters. The highest BCUT2D eigenvalue weighted by Crippen LogP contribution is 2.14. The summed E-state index contributed by atoms with van der Waals surface area (Å²) in [7, 11) is 1.51. The molecule has 0 saturated heterocycles. The topological polar surface area (TPSA) is 79.6 Å². The summed E-state index contributed by atoms with van der Waals surface area (Å²) in [4.78, 5) is 24.6. The van der Waals surface area contributed by atoms with Gasteiger partial charge in [-0.25, -0.2) is 0 Å². The smallest absolute Gasteiger partial charge is 0.325 e. The molecule has 0 spiro atoms. The number of carbonyl (C=O) groups is 2. The van der Waals surface area contributed by atoms with E-state index in [0.29, 0.717) is 11.3 Å². The van der Waals surface area contributed by atoms with E-state index in [2.05, 4.69) is 0 Å². The summed E-state index contributed by atoms with van der Waals surface area (Å²) in [5.74, 6) is -0.300. The van der Waals surface area contributed by atoms with E-state index in [9.17, 15) is 9.59 Å². The molecule has 1 aromatic carbocycles. The van der Waals surface area contributed by atoms with Crippen molar-refractivity contribution in [1.82, 2.24) is 4.90 Å². The van der Waals surface area contributed by atoms with E-state index in [4.69, 9.17) is 14.7 Å². The van der Waals surface area contributed by atoms with Crippen molar-refractivity contribution in [3.63, 3.8) is 0 Å². The SMILES string of the molecule is CCOC(=O)CN(C)C(=O)C(C)Oc1ccc(C#N)cc1. The minimum atomic E-state index is -0.739. The first-order valence-corrected chi connectivity index (χ1v) is 6.55. The summed E-state index contributed by atoms with van der Waals surface area (Å²) in [6.07, 6.45) is -0.739. The van der Waals surface area contributed by atoms with Crippen molar-refractivity contribution in [3.8, 4) is 11.8 Å². The number of hydrogen-bond acceptors (Lipinski definition) is 5. The van der Waals surface area contributed by atoms with Gasteiger partial charge in [0.2, 0.25) is 0 Å². The number of hydrogen-bond donors (Lipinski definition) is 0. The van der Waals surface area contributed by atoms with Gasteiger partial charge in [0.25, 0.3) is 5.91 Å². The fourth-order valence-electron chi connectivity index (χ4n) is 1.65. The van der Waals surface area contributed by atoms with Crippen LogP contribution in [0.4, 0.5) is 0 Å². The van der Waals surface area contributed by atoms with Gasteiger partial charge in [-0.15, -0.1) is 0 Å². The van der Waals surface area contributed by atoms with Crippen LogP contribution in [0.15, 0.2) is 24.3 Å². The number of nitrogens with zero attached hydrogens (tertiary/aromatic N) is 2. The van der Waals surface area contributed by atoms with Crippen molar-refractivity contribution in [2.45, 2.75) is 20.0 Å². The average molecular weight is 290 g/mol. The normalized spacial score (nSPS) is 11.1. The Bertz CT molecular complexity index is 534. The van der Waals surface area contributed by atoms with E-state index in [1.165, 1.54) is 11.9 Å². The summed E-state index contributed by atoms with van der Waals surface area (Å²) >= 11 is 0. The summed E-state index contributed by atoms with van der Waals surface area (Å²) in [5, 5.41) is 8.70. The maximum absolute atomic E-state index is 12.1. The first-order valence-electron chi connectivity index (χ1n) is 6.55. The van der Waals surface area contributed by atoms with Crippen LogP contribution in [0.3, 0.4) is 0 Å². The molecule has 1 unspecified atom stereocenters. The van der Waals surface area contributed by atoms with Crippen LogP contribution in [0.1, 0.15) is 19.4 Å². The molecule has 6 nitrogen and oxygen atoms in total. The van der Waals surface area contributed by atoms with E-state index < -0.39 is 12.1 Å². The lowest BCUT2D eigenvalue weighted by molar-refractivity contribution is -0.150.